The summed E-state index contributed by atoms with van der Waals surface area (Å²) in [4.78, 5) is 5.21. The lowest BCUT2D eigenvalue weighted by atomic mass is 10.0. The van der Waals surface area contributed by atoms with Gasteiger partial charge >= 0.3 is 0 Å². The maximum Gasteiger partial charge on any atom is 0.0113 e. The van der Waals surface area contributed by atoms with Crippen molar-refractivity contribution in [2.24, 2.45) is 5.92 Å². The zero-order valence-electron chi connectivity index (χ0n) is 9.50. The van der Waals surface area contributed by atoms with E-state index in [4.69, 9.17) is 0 Å². The molecule has 2 fully saturated rings. The lowest BCUT2D eigenvalue weighted by molar-refractivity contribution is 0.0885. The van der Waals surface area contributed by atoms with E-state index in [0.717, 1.165) is 12.0 Å². The van der Waals surface area contributed by atoms with E-state index >= 15 is 0 Å². The average molecular weight is 197 g/mol. The fourth-order valence-corrected chi connectivity index (χ4v) is 2.31. The van der Waals surface area contributed by atoms with Crippen molar-refractivity contribution in [3.63, 3.8) is 0 Å². The Morgan fingerprint density at radius 2 is 1.79 bits per heavy atom. The lowest BCUT2D eigenvalue weighted by Crippen LogP contribution is -2.54. The molecule has 0 aromatic rings. The molecule has 2 aliphatic rings. The van der Waals surface area contributed by atoms with Crippen molar-refractivity contribution >= 4 is 0 Å². The van der Waals surface area contributed by atoms with Crippen LogP contribution in [0.2, 0.25) is 0 Å². The highest BCUT2D eigenvalue weighted by Crippen LogP contribution is 2.10. The average Bonchev–Trinajstić information content (AvgIpc) is 2.12. The summed E-state index contributed by atoms with van der Waals surface area (Å²) >= 11 is 0. The van der Waals surface area contributed by atoms with Crippen LogP contribution in [0.25, 0.3) is 0 Å². The van der Waals surface area contributed by atoms with Crippen molar-refractivity contribution < 1.29 is 0 Å². The maximum atomic E-state index is 3.34. The van der Waals surface area contributed by atoms with E-state index in [1.807, 2.05) is 0 Å². The Morgan fingerprint density at radius 1 is 1.14 bits per heavy atom. The van der Waals surface area contributed by atoms with Gasteiger partial charge in [0.05, 0.1) is 0 Å². The number of hydrogen-bond acceptors (Lipinski definition) is 3. The van der Waals surface area contributed by atoms with Crippen molar-refractivity contribution in [3.8, 4) is 0 Å². The second-order valence-corrected chi connectivity index (χ2v) is 4.95. The van der Waals surface area contributed by atoms with Gasteiger partial charge < -0.3 is 10.2 Å². The first-order valence-corrected chi connectivity index (χ1v) is 5.93. The Balaban J connectivity index is 1.67. The molecule has 2 heterocycles. The maximum absolute atomic E-state index is 3.34. The van der Waals surface area contributed by atoms with Gasteiger partial charge in [0, 0.05) is 51.9 Å². The number of hydrogen-bond donors (Lipinski definition) is 1. The summed E-state index contributed by atoms with van der Waals surface area (Å²) in [6.45, 7) is 13.5. The van der Waals surface area contributed by atoms with Gasteiger partial charge in [-0.1, -0.05) is 0 Å². The van der Waals surface area contributed by atoms with Gasteiger partial charge in [-0.05, 0) is 19.8 Å². The zero-order valence-corrected chi connectivity index (χ0v) is 9.50. The SMILES string of the molecule is CC(C)N1CCN(CC2CNC2)CC1. The molecular formula is C11H23N3. The highest BCUT2D eigenvalue weighted by molar-refractivity contribution is 4.81. The molecular weight excluding hydrogens is 174 g/mol. The van der Waals surface area contributed by atoms with Crippen LogP contribution >= 0.6 is 0 Å². The largest absolute Gasteiger partial charge is 0.316 e. The molecule has 0 aromatic carbocycles. The van der Waals surface area contributed by atoms with Crippen molar-refractivity contribution in [2.75, 3.05) is 45.8 Å². The Kier molecular flexibility index (Phi) is 3.42. The summed E-state index contributed by atoms with van der Waals surface area (Å²) in [5.41, 5.74) is 0. The van der Waals surface area contributed by atoms with Crippen molar-refractivity contribution in [2.45, 2.75) is 19.9 Å². The van der Waals surface area contributed by atoms with Crippen molar-refractivity contribution in [1.29, 1.82) is 0 Å². The summed E-state index contributed by atoms with van der Waals surface area (Å²) in [7, 11) is 0. The zero-order chi connectivity index (χ0) is 9.97. The fraction of sp³-hybridized carbons (Fsp3) is 1.00. The molecule has 0 bridgehead atoms. The van der Waals surface area contributed by atoms with Crippen LogP contribution in [0.3, 0.4) is 0 Å². The van der Waals surface area contributed by atoms with Crippen molar-refractivity contribution in [3.05, 3.63) is 0 Å². The summed E-state index contributed by atoms with van der Waals surface area (Å²) in [5.74, 6) is 0.931. The normalized spacial score (nSPS) is 26.8. The molecule has 0 aromatic heterocycles. The molecule has 0 spiro atoms. The van der Waals surface area contributed by atoms with E-state index in [1.54, 1.807) is 0 Å². The van der Waals surface area contributed by atoms with E-state index in [0.29, 0.717) is 0 Å². The van der Waals surface area contributed by atoms with Gasteiger partial charge in [-0.3, -0.25) is 4.90 Å². The summed E-state index contributed by atoms with van der Waals surface area (Å²) in [5, 5.41) is 3.34. The quantitative estimate of drug-likeness (QED) is 0.699. The Hall–Kier alpha value is -0.120. The number of rotatable bonds is 3. The van der Waals surface area contributed by atoms with Crippen LogP contribution in [0.4, 0.5) is 0 Å². The molecule has 2 aliphatic heterocycles. The van der Waals surface area contributed by atoms with Crippen LogP contribution in [0.1, 0.15) is 13.8 Å². The van der Waals surface area contributed by atoms with Crippen LogP contribution in [-0.2, 0) is 0 Å². The Bertz CT molecular complexity index is 169. The molecule has 82 valence electrons. The molecule has 0 unspecified atom stereocenters. The highest BCUT2D eigenvalue weighted by Gasteiger charge is 2.23. The Morgan fingerprint density at radius 3 is 2.21 bits per heavy atom. The van der Waals surface area contributed by atoms with Crippen LogP contribution in [0.15, 0.2) is 0 Å². The van der Waals surface area contributed by atoms with Crippen LogP contribution in [-0.4, -0.2) is 61.7 Å². The van der Waals surface area contributed by atoms with Crippen LogP contribution in [0, 0.1) is 5.92 Å². The van der Waals surface area contributed by atoms with E-state index in [9.17, 15) is 0 Å². The van der Waals surface area contributed by atoms with Gasteiger partial charge in [0.25, 0.3) is 0 Å². The topological polar surface area (TPSA) is 18.5 Å². The second-order valence-electron chi connectivity index (χ2n) is 4.95. The molecule has 1 N–H and O–H groups in total. The van der Waals surface area contributed by atoms with Crippen LogP contribution in [0.5, 0.6) is 0 Å². The molecule has 0 radical (unpaired) electrons. The number of nitrogens with one attached hydrogen (secondary N) is 1. The minimum Gasteiger partial charge on any atom is -0.316 e. The molecule has 0 amide bonds. The lowest BCUT2D eigenvalue weighted by Gasteiger charge is -2.40. The van der Waals surface area contributed by atoms with Crippen LogP contribution < -0.4 is 5.32 Å². The molecule has 2 rings (SSSR count). The smallest absolute Gasteiger partial charge is 0.0113 e. The first-order chi connectivity index (χ1) is 6.75. The predicted molar refractivity (Wildman–Crippen MR) is 59.5 cm³/mol. The molecule has 3 nitrogen and oxygen atoms in total. The Labute approximate surface area is 87.4 Å². The van der Waals surface area contributed by atoms with E-state index in [-0.39, 0.29) is 0 Å². The van der Waals surface area contributed by atoms with Gasteiger partial charge in [-0.2, -0.15) is 0 Å². The van der Waals surface area contributed by atoms with Gasteiger partial charge in [0.2, 0.25) is 0 Å². The molecule has 14 heavy (non-hydrogen) atoms. The van der Waals surface area contributed by atoms with Gasteiger partial charge in [0.1, 0.15) is 0 Å². The van der Waals surface area contributed by atoms with Gasteiger partial charge in [0.15, 0.2) is 0 Å². The first-order valence-electron chi connectivity index (χ1n) is 5.93. The van der Waals surface area contributed by atoms with Gasteiger partial charge in [-0.15, -0.1) is 0 Å². The number of piperazine rings is 1. The molecule has 0 aliphatic carbocycles. The molecule has 2 saturated heterocycles. The minimum atomic E-state index is 0.725. The van der Waals surface area contributed by atoms with E-state index < -0.39 is 0 Å². The predicted octanol–water partition coefficient (Wildman–Crippen LogP) is 0.232. The summed E-state index contributed by atoms with van der Waals surface area (Å²) in [6.07, 6.45) is 0. The second kappa shape index (κ2) is 4.60. The highest BCUT2D eigenvalue weighted by atomic mass is 15.3. The third-order valence-electron chi connectivity index (χ3n) is 3.52. The molecule has 0 saturated carbocycles. The summed E-state index contributed by atoms with van der Waals surface area (Å²) < 4.78 is 0. The third-order valence-corrected chi connectivity index (χ3v) is 3.52. The monoisotopic (exact) mass is 197 g/mol. The van der Waals surface area contributed by atoms with Crippen molar-refractivity contribution in [1.82, 2.24) is 15.1 Å². The fourth-order valence-electron chi connectivity index (χ4n) is 2.31. The minimum absolute atomic E-state index is 0.725. The molecule has 3 heteroatoms. The summed E-state index contributed by atoms with van der Waals surface area (Å²) in [6, 6.07) is 0.725. The van der Waals surface area contributed by atoms with E-state index in [1.165, 1.54) is 45.8 Å². The first kappa shape index (κ1) is 10.4. The molecule has 0 atom stereocenters. The van der Waals surface area contributed by atoms with E-state index in [2.05, 4.69) is 29.0 Å². The van der Waals surface area contributed by atoms with Gasteiger partial charge in [-0.25, -0.2) is 0 Å². The third kappa shape index (κ3) is 2.47. The number of nitrogens with zero attached hydrogens (tertiary/aromatic N) is 2. The standard InChI is InChI=1S/C11H23N3/c1-10(2)14-5-3-13(4-6-14)9-11-7-12-8-11/h10-12H,3-9H2,1-2H3.